The first-order chi connectivity index (χ1) is 30.3. The van der Waals surface area contributed by atoms with Crippen LogP contribution < -0.4 is 10.2 Å². The van der Waals surface area contributed by atoms with E-state index in [-0.39, 0.29) is 6.04 Å². The zero-order chi connectivity index (χ0) is 40.5. The quantitative estimate of drug-likeness (QED) is 0.147. The number of hydrogen-bond acceptors (Lipinski definition) is 2. The van der Waals surface area contributed by atoms with E-state index >= 15 is 0 Å². The normalized spacial score (nSPS) is 11.4. The highest BCUT2D eigenvalue weighted by Gasteiger charge is 2.23. The summed E-state index contributed by atoms with van der Waals surface area (Å²) in [6, 6.07) is 87.8. The van der Waals surface area contributed by atoms with Crippen molar-refractivity contribution in [3.63, 3.8) is 0 Å². The summed E-state index contributed by atoms with van der Waals surface area (Å²) in [6.07, 6.45) is 0. The average Bonchev–Trinajstić information content (AvgIpc) is 3.34. The molecule has 2 nitrogen and oxygen atoms in total. The van der Waals surface area contributed by atoms with Crippen molar-refractivity contribution in [1.82, 2.24) is 0 Å². The Hall–Kier alpha value is -7.94. The predicted molar refractivity (Wildman–Crippen MR) is 260 cm³/mol. The molecule has 0 aliphatic carbocycles. The van der Waals surface area contributed by atoms with E-state index in [0.29, 0.717) is 0 Å². The van der Waals surface area contributed by atoms with Gasteiger partial charge in [-0.3, -0.25) is 0 Å². The van der Waals surface area contributed by atoms with Crippen molar-refractivity contribution >= 4 is 65.8 Å². The van der Waals surface area contributed by atoms with Gasteiger partial charge in [-0.1, -0.05) is 206 Å². The maximum atomic E-state index is 3.98. The van der Waals surface area contributed by atoms with Crippen molar-refractivity contribution in [3.8, 4) is 22.3 Å². The van der Waals surface area contributed by atoms with Gasteiger partial charge in [-0.05, 0) is 102 Å². The van der Waals surface area contributed by atoms with Crippen LogP contribution in [-0.2, 0) is 0 Å². The maximum absolute atomic E-state index is 3.98. The number of para-hydroxylation sites is 2. The lowest BCUT2D eigenvalue weighted by molar-refractivity contribution is 0.942. The van der Waals surface area contributed by atoms with E-state index in [1.807, 2.05) is 0 Å². The standard InChI is InChI=1S/C59H42N2/c1-5-21-41(22-6-1)59(42-23-7-2-8-24-42)60-55-39-37-53(45-29-13-15-31-47(45)55)57-49-33-17-19-35-51(49)58(52-36-20-18-34-50(52)57)54-38-40-56(48-32-16-14-30-46(48)54)61(43-25-9-3-10-26-43)44-27-11-4-12-28-44/h1-40,59-60H. The van der Waals surface area contributed by atoms with Crippen LogP contribution in [0, 0.1) is 0 Å². The Balaban J connectivity index is 1.11. The lowest BCUT2D eigenvalue weighted by Gasteiger charge is -2.28. The van der Waals surface area contributed by atoms with Crippen molar-refractivity contribution in [1.29, 1.82) is 0 Å². The topological polar surface area (TPSA) is 15.3 Å². The Labute approximate surface area is 356 Å². The molecule has 0 radical (unpaired) electrons. The fraction of sp³-hybridized carbons (Fsp3) is 0.0169. The van der Waals surface area contributed by atoms with Gasteiger partial charge in [0.1, 0.15) is 0 Å². The molecule has 0 amide bonds. The highest BCUT2D eigenvalue weighted by molar-refractivity contribution is 6.26. The summed E-state index contributed by atoms with van der Waals surface area (Å²) in [6.45, 7) is 0. The monoisotopic (exact) mass is 778 g/mol. The zero-order valence-corrected chi connectivity index (χ0v) is 33.6. The van der Waals surface area contributed by atoms with E-state index < -0.39 is 0 Å². The number of anilines is 4. The molecule has 288 valence electrons. The SMILES string of the molecule is c1ccc(C(Nc2ccc(-c3c4ccccc4c(-c4ccc(N(c5ccccc5)c5ccccc5)c5ccccc45)c4ccccc34)c3ccccc23)c2ccccc2)cc1. The van der Waals surface area contributed by atoms with Gasteiger partial charge in [0.15, 0.2) is 0 Å². The van der Waals surface area contributed by atoms with E-state index in [1.165, 1.54) is 76.5 Å². The molecule has 0 fully saturated rings. The molecule has 0 bridgehead atoms. The third kappa shape index (κ3) is 6.46. The molecule has 0 unspecified atom stereocenters. The molecule has 61 heavy (non-hydrogen) atoms. The summed E-state index contributed by atoms with van der Waals surface area (Å²) in [5, 5.41) is 13.7. The van der Waals surface area contributed by atoms with Gasteiger partial charge in [0.05, 0.1) is 11.7 Å². The van der Waals surface area contributed by atoms with Crippen molar-refractivity contribution in [2.75, 3.05) is 10.2 Å². The van der Waals surface area contributed by atoms with E-state index in [1.54, 1.807) is 0 Å². The summed E-state index contributed by atoms with van der Waals surface area (Å²) in [5.74, 6) is 0. The molecule has 0 atom stereocenters. The molecule has 1 N–H and O–H groups in total. The number of hydrogen-bond donors (Lipinski definition) is 1. The van der Waals surface area contributed by atoms with Crippen LogP contribution in [0.2, 0.25) is 0 Å². The molecule has 0 heterocycles. The summed E-state index contributed by atoms with van der Waals surface area (Å²) >= 11 is 0. The Bertz CT molecular complexity index is 3190. The van der Waals surface area contributed by atoms with Gasteiger partial charge in [0, 0.05) is 27.8 Å². The fourth-order valence-corrected chi connectivity index (χ4v) is 9.43. The van der Waals surface area contributed by atoms with Crippen LogP contribution in [0.15, 0.2) is 243 Å². The zero-order valence-electron chi connectivity index (χ0n) is 33.6. The first kappa shape index (κ1) is 36.2. The van der Waals surface area contributed by atoms with Crippen molar-refractivity contribution < 1.29 is 0 Å². The smallest absolute Gasteiger partial charge is 0.0767 e. The molecule has 11 rings (SSSR count). The molecule has 2 heteroatoms. The van der Waals surface area contributed by atoms with Crippen molar-refractivity contribution in [2.24, 2.45) is 0 Å². The molecule has 11 aromatic carbocycles. The fourth-order valence-electron chi connectivity index (χ4n) is 9.43. The van der Waals surface area contributed by atoms with Gasteiger partial charge < -0.3 is 10.2 Å². The van der Waals surface area contributed by atoms with Crippen molar-refractivity contribution in [2.45, 2.75) is 6.04 Å². The van der Waals surface area contributed by atoms with Crippen LogP contribution in [0.1, 0.15) is 17.2 Å². The second-order valence-electron chi connectivity index (χ2n) is 15.6. The molecule has 0 aromatic heterocycles. The third-order valence-corrected chi connectivity index (χ3v) is 12.1. The Morgan fingerprint density at radius 3 is 1.08 bits per heavy atom. The van der Waals surface area contributed by atoms with Crippen LogP contribution in [0.5, 0.6) is 0 Å². The van der Waals surface area contributed by atoms with Crippen LogP contribution in [0.25, 0.3) is 65.3 Å². The Morgan fingerprint density at radius 1 is 0.279 bits per heavy atom. The number of fused-ring (bicyclic) bond motifs is 4. The van der Waals surface area contributed by atoms with Crippen LogP contribution in [-0.4, -0.2) is 0 Å². The van der Waals surface area contributed by atoms with E-state index in [2.05, 4.69) is 253 Å². The maximum Gasteiger partial charge on any atom is 0.0767 e. The summed E-state index contributed by atoms with van der Waals surface area (Å²) < 4.78 is 0. The van der Waals surface area contributed by atoms with E-state index in [0.717, 1.165) is 22.7 Å². The van der Waals surface area contributed by atoms with Crippen molar-refractivity contribution in [3.05, 3.63) is 254 Å². The van der Waals surface area contributed by atoms with Gasteiger partial charge in [0.2, 0.25) is 0 Å². The predicted octanol–water partition coefficient (Wildman–Crippen LogP) is 16.3. The highest BCUT2D eigenvalue weighted by Crippen LogP contribution is 2.49. The highest BCUT2D eigenvalue weighted by atomic mass is 15.1. The largest absolute Gasteiger partial charge is 0.374 e. The molecule has 0 saturated carbocycles. The second-order valence-corrected chi connectivity index (χ2v) is 15.6. The molecular weight excluding hydrogens is 737 g/mol. The van der Waals surface area contributed by atoms with Gasteiger partial charge in [-0.25, -0.2) is 0 Å². The van der Waals surface area contributed by atoms with Gasteiger partial charge >= 0.3 is 0 Å². The minimum Gasteiger partial charge on any atom is -0.374 e. The van der Waals surface area contributed by atoms with Crippen LogP contribution in [0.4, 0.5) is 22.7 Å². The number of nitrogens with zero attached hydrogens (tertiary/aromatic N) is 1. The molecule has 0 aliphatic heterocycles. The van der Waals surface area contributed by atoms with Gasteiger partial charge in [0.25, 0.3) is 0 Å². The molecule has 0 aliphatic rings. The lowest BCUT2D eigenvalue weighted by Crippen LogP contribution is -2.12. The van der Waals surface area contributed by atoms with Gasteiger partial charge in [-0.2, -0.15) is 0 Å². The Kier molecular flexibility index (Phi) is 9.29. The van der Waals surface area contributed by atoms with Crippen LogP contribution in [0.3, 0.4) is 0 Å². The van der Waals surface area contributed by atoms with E-state index in [9.17, 15) is 0 Å². The molecule has 11 aromatic rings. The summed E-state index contributed by atoms with van der Waals surface area (Å²) in [7, 11) is 0. The molecule has 0 saturated heterocycles. The Morgan fingerprint density at radius 2 is 0.623 bits per heavy atom. The third-order valence-electron chi connectivity index (χ3n) is 12.1. The van der Waals surface area contributed by atoms with E-state index in [4.69, 9.17) is 0 Å². The lowest BCUT2D eigenvalue weighted by atomic mass is 9.83. The molecular formula is C59H42N2. The molecule has 0 spiro atoms. The number of nitrogens with one attached hydrogen (secondary N) is 1. The average molecular weight is 779 g/mol. The van der Waals surface area contributed by atoms with Gasteiger partial charge in [-0.15, -0.1) is 0 Å². The van der Waals surface area contributed by atoms with Crippen LogP contribution >= 0.6 is 0 Å². The minimum absolute atomic E-state index is 0.00808. The first-order valence-electron chi connectivity index (χ1n) is 21.1. The summed E-state index contributed by atoms with van der Waals surface area (Å²) in [5.41, 5.74) is 11.9. The first-order valence-corrected chi connectivity index (χ1v) is 21.1. The number of benzene rings is 11. The summed E-state index contributed by atoms with van der Waals surface area (Å²) in [4.78, 5) is 2.37. The minimum atomic E-state index is -0.00808. The second kappa shape index (κ2) is 15.7. The number of rotatable bonds is 9.